The number of rotatable bonds is 5. The topological polar surface area (TPSA) is 81.9 Å². The molecule has 2 aromatic rings. The maximum Gasteiger partial charge on any atom is 0.335 e. The van der Waals surface area contributed by atoms with Gasteiger partial charge >= 0.3 is 5.97 Å². The highest BCUT2D eigenvalue weighted by Gasteiger charge is 2.36. The van der Waals surface area contributed by atoms with E-state index in [1.807, 2.05) is 50.4 Å². The van der Waals surface area contributed by atoms with Crippen molar-refractivity contribution in [2.24, 2.45) is 5.73 Å². The van der Waals surface area contributed by atoms with Crippen molar-refractivity contribution < 1.29 is 18.5 Å². The minimum absolute atomic E-state index is 0.0581. The SMILES string of the molecule is CSC1CC(N)C(=O)OSc2ccc(-c3ccc(C(=O)C(C)(C)N4CCOCC4)cc3)c1c2. The van der Waals surface area contributed by atoms with E-state index in [-0.39, 0.29) is 11.0 Å². The number of thioether (sulfide) groups is 1. The predicted octanol–water partition coefficient (Wildman–Crippen LogP) is 4.33. The van der Waals surface area contributed by atoms with Crippen LogP contribution in [-0.2, 0) is 13.7 Å². The maximum absolute atomic E-state index is 13.3. The summed E-state index contributed by atoms with van der Waals surface area (Å²) in [7, 11) is 0. The van der Waals surface area contributed by atoms with Crippen LogP contribution in [0.15, 0.2) is 47.4 Å². The lowest BCUT2D eigenvalue weighted by atomic mass is 9.89. The molecule has 2 bridgehead atoms. The molecule has 0 radical (unpaired) electrons. The number of ether oxygens (including phenoxy) is 1. The van der Waals surface area contributed by atoms with Crippen molar-refractivity contribution in [2.75, 3.05) is 32.6 Å². The van der Waals surface area contributed by atoms with Crippen molar-refractivity contribution in [3.05, 3.63) is 53.6 Å². The zero-order chi connectivity index (χ0) is 23.6. The summed E-state index contributed by atoms with van der Waals surface area (Å²) < 4.78 is 10.7. The van der Waals surface area contributed by atoms with Gasteiger partial charge in [0, 0.05) is 28.8 Å². The molecule has 2 aromatic carbocycles. The van der Waals surface area contributed by atoms with Gasteiger partial charge in [0.05, 0.1) is 30.8 Å². The summed E-state index contributed by atoms with van der Waals surface area (Å²) in [6, 6.07) is 13.3. The Morgan fingerprint density at radius 3 is 2.52 bits per heavy atom. The Hall–Kier alpha value is -1.84. The van der Waals surface area contributed by atoms with Gasteiger partial charge in [-0.15, -0.1) is 0 Å². The molecule has 2 aliphatic rings. The Kier molecular flexibility index (Phi) is 7.50. The molecule has 0 spiro atoms. The summed E-state index contributed by atoms with van der Waals surface area (Å²) in [5, 5.41) is 0.0581. The van der Waals surface area contributed by atoms with Gasteiger partial charge in [0.2, 0.25) is 0 Å². The van der Waals surface area contributed by atoms with Gasteiger partial charge in [0.15, 0.2) is 5.78 Å². The molecule has 176 valence electrons. The molecule has 33 heavy (non-hydrogen) atoms. The Labute approximate surface area is 203 Å². The first-order valence-electron chi connectivity index (χ1n) is 11.1. The van der Waals surface area contributed by atoms with Crippen molar-refractivity contribution in [1.29, 1.82) is 0 Å². The number of benzene rings is 2. The smallest absolute Gasteiger partial charge is 0.335 e. The third-order valence-electron chi connectivity index (χ3n) is 6.46. The van der Waals surface area contributed by atoms with E-state index in [9.17, 15) is 9.59 Å². The lowest BCUT2D eigenvalue weighted by molar-refractivity contribution is -0.134. The van der Waals surface area contributed by atoms with Gasteiger partial charge in [-0.2, -0.15) is 11.8 Å². The molecule has 8 heteroatoms. The van der Waals surface area contributed by atoms with Gasteiger partial charge < -0.3 is 14.7 Å². The van der Waals surface area contributed by atoms with Crippen molar-refractivity contribution in [3.8, 4) is 11.1 Å². The third-order valence-corrected chi connectivity index (χ3v) is 8.17. The Bertz CT molecular complexity index is 1020. The van der Waals surface area contributed by atoms with Crippen LogP contribution in [0.1, 0.15) is 41.4 Å². The first kappa shape index (κ1) is 24.3. The van der Waals surface area contributed by atoms with Crippen LogP contribution in [0.4, 0.5) is 0 Å². The van der Waals surface area contributed by atoms with Crippen LogP contribution in [0, 0.1) is 0 Å². The summed E-state index contributed by atoms with van der Waals surface area (Å²) in [6.07, 6.45) is 2.53. The van der Waals surface area contributed by atoms with E-state index >= 15 is 0 Å². The number of nitrogens with two attached hydrogens (primary N) is 1. The Morgan fingerprint density at radius 1 is 1.15 bits per heavy atom. The quantitative estimate of drug-likeness (QED) is 0.494. The van der Waals surface area contributed by atoms with Crippen LogP contribution in [0.25, 0.3) is 11.1 Å². The Morgan fingerprint density at radius 2 is 1.85 bits per heavy atom. The number of morpholine rings is 1. The molecule has 1 saturated heterocycles. The second kappa shape index (κ2) is 10.2. The second-order valence-electron chi connectivity index (χ2n) is 8.87. The lowest BCUT2D eigenvalue weighted by Crippen LogP contribution is -2.54. The fourth-order valence-electron chi connectivity index (χ4n) is 4.37. The molecule has 2 heterocycles. The van der Waals surface area contributed by atoms with E-state index < -0.39 is 17.6 Å². The monoisotopic (exact) mass is 486 g/mol. The summed E-state index contributed by atoms with van der Waals surface area (Å²) >= 11 is 2.73. The average Bonchev–Trinajstić information content (AvgIpc) is 2.89. The molecule has 0 aliphatic carbocycles. The Balaban J connectivity index is 1.62. The molecule has 2 aliphatic heterocycles. The van der Waals surface area contributed by atoms with E-state index in [2.05, 4.69) is 17.0 Å². The third kappa shape index (κ3) is 5.15. The van der Waals surface area contributed by atoms with Gasteiger partial charge in [-0.1, -0.05) is 30.3 Å². The highest BCUT2D eigenvalue weighted by molar-refractivity contribution is 7.98. The number of fused-ring (bicyclic) bond motifs is 2. The molecule has 0 aromatic heterocycles. The summed E-state index contributed by atoms with van der Waals surface area (Å²) in [5.74, 6) is -0.286. The molecular formula is C25H30N2O4S2. The van der Waals surface area contributed by atoms with E-state index in [1.54, 1.807) is 11.8 Å². The number of ketones is 1. The fourth-order valence-corrected chi connectivity index (χ4v) is 5.82. The highest BCUT2D eigenvalue weighted by Crippen LogP contribution is 2.41. The van der Waals surface area contributed by atoms with Gasteiger partial charge in [-0.3, -0.25) is 9.69 Å². The van der Waals surface area contributed by atoms with Crippen molar-refractivity contribution in [1.82, 2.24) is 4.90 Å². The average molecular weight is 487 g/mol. The standard InChI is InChI=1S/C25H30N2O4S2/c1-25(2,27-10-12-30-13-11-27)23(28)17-6-4-16(5-7-17)19-9-8-18-14-20(19)22(32-3)15-21(26)24(29)31-33-18/h4-9,14,21-22H,10-13,15,26H2,1-3H3. The van der Waals surface area contributed by atoms with E-state index in [4.69, 9.17) is 14.7 Å². The summed E-state index contributed by atoms with van der Waals surface area (Å²) in [5.41, 5.74) is 9.43. The number of carbonyl (C=O) groups excluding carboxylic acids is 2. The molecule has 2 atom stereocenters. The largest absolute Gasteiger partial charge is 0.385 e. The van der Waals surface area contributed by atoms with Crippen LogP contribution in [0.2, 0.25) is 0 Å². The number of carbonyl (C=O) groups is 2. The van der Waals surface area contributed by atoms with Crippen LogP contribution in [0.3, 0.4) is 0 Å². The number of Topliss-reactive ketones (excluding diaryl/α,β-unsaturated/α-hetero) is 1. The summed E-state index contributed by atoms with van der Waals surface area (Å²) in [6.45, 7) is 6.80. The fraction of sp³-hybridized carbons (Fsp3) is 0.440. The van der Waals surface area contributed by atoms with Crippen molar-refractivity contribution in [3.63, 3.8) is 0 Å². The van der Waals surface area contributed by atoms with E-state index in [0.29, 0.717) is 25.2 Å². The molecule has 0 amide bonds. The highest BCUT2D eigenvalue weighted by atomic mass is 32.2. The van der Waals surface area contributed by atoms with Crippen molar-refractivity contribution in [2.45, 2.75) is 42.0 Å². The van der Waals surface area contributed by atoms with E-state index in [1.165, 1.54) is 0 Å². The predicted molar refractivity (Wildman–Crippen MR) is 133 cm³/mol. The van der Waals surface area contributed by atoms with Crippen LogP contribution < -0.4 is 5.73 Å². The number of hydrogen-bond donors (Lipinski definition) is 1. The molecule has 4 rings (SSSR count). The molecule has 6 nitrogen and oxygen atoms in total. The van der Waals surface area contributed by atoms with Crippen LogP contribution >= 0.6 is 23.8 Å². The molecule has 1 fully saturated rings. The first-order valence-corrected chi connectivity index (χ1v) is 13.1. The molecule has 2 N–H and O–H groups in total. The van der Waals surface area contributed by atoms with Crippen molar-refractivity contribution >= 4 is 35.6 Å². The normalized spacial score (nSPS) is 22.1. The van der Waals surface area contributed by atoms with Gasteiger partial charge in [0.1, 0.15) is 6.04 Å². The van der Waals surface area contributed by atoms with Gasteiger partial charge in [-0.05, 0) is 55.3 Å². The molecule has 0 saturated carbocycles. The zero-order valence-corrected chi connectivity index (χ0v) is 20.8. The molecular weight excluding hydrogens is 456 g/mol. The maximum atomic E-state index is 13.3. The van der Waals surface area contributed by atoms with Crippen LogP contribution in [0.5, 0.6) is 0 Å². The first-order chi connectivity index (χ1) is 15.8. The molecule has 2 unspecified atom stereocenters. The zero-order valence-electron chi connectivity index (χ0n) is 19.2. The minimum atomic E-state index is -0.667. The number of nitrogens with zero attached hydrogens (tertiary/aromatic N) is 1. The minimum Gasteiger partial charge on any atom is -0.385 e. The van der Waals surface area contributed by atoms with E-state index in [0.717, 1.165) is 46.7 Å². The second-order valence-corrected chi connectivity index (χ2v) is 10.7. The van der Waals surface area contributed by atoms with Crippen LogP contribution in [-0.4, -0.2) is 60.8 Å². The summed E-state index contributed by atoms with van der Waals surface area (Å²) in [4.78, 5) is 28.5. The van der Waals surface area contributed by atoms with Gasteiger partial charge in [0.25, 0.3) is 0 Å². The van der Waals surface area contributed by atoms with Gasteiger partial charge in [-0.25, -0.2) is 4.79 Å². The lowest BCUT2D eigenvalue weighted by Gasteiger charge is -2.39. The number of hydrogen-bond acceptors (Lipinski definition) is 8.